The van der Waals surface area contributed by atoms with Crippen LogP contribution in [0.1, 0.15) is 51.9 Å². The summed E-state index contributed by atoms with van der Waals surface area (Å²) in [6.07, 6.45) is 9.43. The highest BCUT2D eigenvalue weighted by Gasteiger charge is 2.32. The molecule has 1 aromatic heterocycles. The van der Waals surface area contributed by atoms with Crippen LogP contribution in [0.25, 0.3) is 0 Å². The van der Waals surface area contributed by atoms with E-state index in [9.17, 15) is 4.79 Å². The second kappa shape index (κ2) is 13.7. The molecule has 1 aliphatic carbocycles. The second-order valence-corrected chi connectivity index (χ2v) is 8.01. The highest BCUT2D eigenvalue weighted by atomic mass is 127. The van der Waals surface area contributed by atoms with Crippen molar-refractivity contribution in [2.75, 3.05) is 38.0 Å². The number of guanidine groups is 1. The van der Waals surface area contributed by atoms with E-state index in [-0.39, 0.29) is 29.9 Å². The van der Waals surface area contributed by atoms with Gasteiger partial charge in [-0.05, 0) is 51.2 Å². The van der Waals surface area contributed by atoms with Gasteiger partial charge in [0.25, 0.3) is 0 Å². The molecule has 2 heterocycles. The Morgan fingerprint density at radius 3 is 2.80 bits per heavy atom. The summed E-state index contributed by atoms with van der Waals surface area (Å²) in [7, 11) is 0. The third-order valence-electron chi connectivity index (χ3n) is 5.72. The molecular formula is C22H37IN6O. The van der Waals surface area contributed by atoms with Crippen molar-refractivity contribution in [2.45, 2.75) is 57.9 Å². The summed E-state index contributed by atoms with van der Waals surface area (Å²) in [4.78, 5) is 23.7. The zero-order valence-corrected chi connectivity index (χ0v) is 20.4. The van der Waals surface area contributed by atoms with Gasteiger partial charge in [0.1, 0.15) is 5.82 Å². The van der Waals surface area contributed by atoms with E-state index < -0.39 is 0 Å². The van der Waals surface area contributed by atoms with E-state index >= 15 is 0 Å². The van der Waals surface area contributed by atoms with Crippen LogP contribution in [-0.4, -0.2) is 60.5 Å². The van der Waals surface area contributed by atoms with Gasteiger partial charge in [-0.3, -0.25) is 9.79 Å². The Morgan fingerprint density at radius 1 is 1.23 bits per heavy atom. The number of aliphatic imine (C=N–C) groups is 1. The van der Waals surface area contributed by atoms with Gasteiger partial charge in [-0.25, -0.2) is 4.98 Å². The first kappa shape index (κ1) is 24.7. The van der Waals surface area contributed by atoms with Crippen LogP contribution in [0.5, 0.6) is 0 Å². The molecule has 0 aromatic carbocycles. The van der Waals surface area contributed by atoms with Crippen LogP contribution < -0.4 is 16.0 Å². The average Bonchev–Trinajstić information content (AvgIpc) is 3.43. The number of hydrogen-bond donors (Lipinski definition) is 3. The summed E-state index contributed by atoms with van der Waals surface area (Å²) >= 11 is 0. The smallest absolute Gasteiger partial charge is 0.225 e. The third-order valence-corrected chi connectivity index (χ3v) is 5.72. The predicted molar refractivity (Wildman–Crippen MR) is 133 cm³/mol. The summed E-state index contributed by atoms with van der Waals surface area (Å²) in [6.45, 7) is 6.27. The van der Waals surface area contributed by atoms with E-state index in [2.05, 4.69) is 32.8 Å². The lowest BCUT2D eigenvalue weighted by molar-refractivity contribution is -0.134. The molecule has 168 valence electrons. The molecule has 0 radical (unpaired) electrons. The molecule has 30 heavy (non-hydrogen) atoms. The summed E-state index contributed by atoms with van der Waals surface area (Å²) in [5.74, 6) is 2.43. The summed E-state index contributed by atoms with van der Waals surface area (Å²) in [5, 5.41) is 10.2. The second-order valence-electron chi connectivity index (χ2n) is 8.01. The van der Waals surface area contributed by atoms with E-state index in [4.69, 9.17) is 4.99 Å². The number of rotatable bonds is 9. The lowest BCUT2D eigenvalue weighted by Gasteiger charge is -2.21. The Morgan fingerprint density at radius 2 is 2.07 bits per heavy atom. The number of amides is 1. The molecule has 0 bridgehead atoms. The van der Waals surface area contributed by atoms with Crippen LogP contribution in [0, 0.1) is 5.92 Å². The minimum atomic E-state index is 0. The number of anilines is 1. The first-order valence-electron chi connectivity index (χ1n) is 11.2. The fourth-order valence-corrected chi connectivity index (χ4v) is 4.13. The Balaban J connectivity index is 0.00000320. The molecule has 1 aromatic rings. The molecule has 8 heteroatoms. The van der Waals surface area contributed by atoms with Gasteiger partial charge < -0.3 is 20.9 Å². The number of nitrogens with one attached hydrogen (secondary N) is 3. The number of carbonyl (C=O) groups excluding carboxylic acids is 1. The molecule has 1 atom stereocenters. The lowest BCUT2D eigenvalue weighted by Crippen LogP contribution is -2.45. The summed E-state index contributed by atoms with van der Waals surface area (Å²) in [6, 6.07) is 6.18. The first-order valence-corrected chi connectivity index (χ1v) is 11.2. The highest BCUT2D eigenvalue weighted by Crippen LogP contribution is 2.27. The molecule has 3 N–H and O–H groups in total. The van der Waals surface area contributed by atoms with E-state index in [1.54, 1.807) is 6.20 Å². The van der Waals surface area contributed by atoms with Crippen molar-refractivity contribution in [1.29, 1.82) is 0 Å². The summed E-state index contributed by atoms with van der Waals surface area (Å²) < 4.78 is 0. The summed E-state index contributed by atoms with van der Waals surface area (Å²) in [5.41, 5.74) is 0. The van der Waals surface area contributed by atoms with Gasteiger partial charge in [0, 0.05) is 50.9 Å². The number of likely N-dealkylation sites (tertiary alicyclic amines) is 1. The van der Waals surface area contributed by atoms with Crippen molar-refractivity contribution in [3.05, 3.63) is 24.4 Å². The standard InChI is InChI=1S/C22H36N6O.HI/c1-2-23-22(26-15-8-7-14-25-20-11-5-6-13-24-20)27-19-12-16-28(17-19)21(29)18-9-3-4-10-18;/h5-6,11,13,18-19H,2-4,7-10,12,14-17H2,1H3,(H,24,25)(H2,23,26,27);1H. The zero-order valence-electron chi connectivity index (χ0n) is 18.1. The predicted octanol–water partition coefficient (Wildman–Crippen LogP) is 3.24. The molecule has 2 aliphatic rings. The Labute approximate surface area is 197 Å². The van der Waals surface area contributed by atoms with Gasteiger partial charge in [-0.2, -0.15) is 0 Å². The van der Waals surface area contributed by atoms with Crippen molar-refractivity contribution in [1.82, 2.24) is 20.5 Å². The number of pyridine rings is 1. The van der Waals surface area contributed by atoms with Crippen LogP contribution in [0.3, 0.4) is 0 Å². The molecule has 1 unspecified atom stereocenters. The van der Waals surface area contributed by atoms with Crippen molar-refractivity contribution in [3.8, 4) is 0 Å². The topological polar surface area (TPSA) is 81.7 Å². The molecule has 1 amide bonds. The maximum atomic E-state index is 12.6. The first-order chi connectivity index (χ1) is 14.3. The van der Waals surface area contributed by atoms with Gasteiger partial charge in [0.05, 0.1) is 0 Å². The van der Waals surface area contributed by atoms with Crippen molar-refractivity contribution >= 4 is 41.7 Å². The Bertz CT molecular complexity index is 650. The SMILES string of the molecule is CCNC(=NCCCCNc1ccccn1)NC1CCN(C(=O)C2CCCC2)C1.I. The van der Waals surface area contributed by atoms with Gasteiger partial charge in [-0.15, -0.1) is 24.0 Å². The largest absolute Gasteiger partial charge is 0.370 e. The number of nitrogens with zero attached hydrogens (tertiary/aromatic N) is 3. The number of unbranched alkanes of at least 4 members (excludes halogenated alkanes) is 1. The lowest BCUT2D eigenvalue weighted by atomic mass is 10.1. The van der Waals surface area contributed by atoms with Gasteiger partial charge in [0.15, 0.2) is 5.96 Å². The Kier molecular flexibility index (Phi) is 11.2. The fraction of sp³-hybridized carbons (Fsp3) is 0.682. The maximum Gasteiger partial charge on any atom is 0.225 e. The molecular weight excluding hydrogens is 491 g/mol. The highest BCUT2D eigenvalue weighted by molar-refractivity contribution is 14.0. The molecule has 3 rings (SSSR count). The van der Waals surface area contributed by atoms with Gasteiger partial charge in [-0.1, -0.05) is 18.9 Å². The van der Waals surface area contributed by atoms with Crippen LogP contribution in [0.4, 0.5) is 5.82 Å². The number of hydrogen-bond acceptors (Lipinski definition) is 4. The fourth-order valence-electron chi connectivity index (χ4n) is 4.13. The molecule has 7 nitrogen and oxygen atoms in total. The van der Waals surface area contributed by atoms with E-state index in [1.807, 2.05) is 18.2 Å². The van der Waals surface area contributed by atoms with Gasteiger partial charge >= 0.3 is 0 Å². The molecule has 1 aliphatic heterocycles. The minimum Gasteiger partial charge on any atom is -0.370 e. The van der Waals surface area contributed by atoms with Crippen molar-refractivity contribution in [2.24, 2.45) is 10.9 Å². The Hall–Kier alpha value is -1.58. The maximum absolute atomic E-state index is 12.6. The molecule has 0 spiro atoms. The van der Waals surface area contributed by atoms with Crippen LogP contribution >= 0.6 is 24.0 Å². The normalized spacial score (nSPS) is 19.4. The third kappa shape index (κ3) is 7.92. The van der Waals surface area contributed by atoms with E-state index in [0.29, 0.717) is 11.9 Å². The molecule has 2 fully saturated rings. The number of halogens is 1. The van der Waals surface area contributed by atoms with Crippen molar-refractivity contribution in [3.63, 3.8) is 0 Å². The van der Waals surface area contributed by atoms with Crippen LogP contribution in [-0.2, 0) is 4.79 Å². The molecule has 1 saturated carbocycles. The zero-order chi connectivity index (χ0) is 20.3. The van der Waals surface area contributed by atoms with Crippen LogP contribution in [0.2, 0.25) is 0 Å². The van der Waals surface area contributed by atoms with E-state index in [1.165, 1.54) is 12.8 Å². The average molecular weight is 528 g/mol. The monoisotopic (exact) mass is 528 g/mol. The quantitative estimate of drug-likeness (QED) is 0.199. The molecule has 1 saturated heterocycles. The van der Waals surface area contributed by atoms with E-state index in [0.717, 1.165) is 76.6 Å². The van der Waals surface area contributed by atoms with Crippen molar-refractivity contribution < 1.29 is 4.79 Å². The number of carbonyl (C=O) groups is 1. The number of aromatic nitrogens is 1. The van der Waals surface area contributed by atoms with Crippen LogP contribution in [0.15, 0.2) is 29.4 Å². The minimum absolute atomic E-state index is 0. The van der Waals surface area contributed by atoms with Gasteiger partial charge in [0.2, 0.25) is 5.91 Å².